The van der Waals surface area contributed by atoms with Crippen LogP contribution in [0.4, 0.5) is 0 Å². The van der Waals surface area contributed by atoms with Crippen molar-refractivity contribution in [1.29, 1.82) is 0 Å². The van der Waals surface area contributed by atoms with E-state index < -0.39 is 10.0 Å². The number of sulfonamides is 1. The number of nitrogens with zero attached hydrogens (tertiary/aromatic N) is 2. The van der Waals surface area contributed by atoms with Crippen LogP contribution >= 0.6 is 0 Å². The zero-order valence-corrected chi connectivity index (χ0v) is 16.6. The lowest BCUT2D eigenvalue weighted by Gasteiger charge is -2.21. The Balaban J connectivity index is 2.58. The zero-order chi connectivity index (χ0) is 18.9. The molecule has 0 aromatic heterocycles. The number of guanidine groups is 1. The summed E-state index contributed by atoms with van der Waals surface area (Å²) in [4.78, 5) is 4.58. The lowest BCUT2D eigenvalue weighted by atomic mass is 10.2. The first-order valence-corrected chi connectivity index (χ1v) is 10.3. The molecular formula is C18H32N4O2S. The summed E-state index contributed by atoms with van der Waals surface area (Å²) < 4.78 is 26.2. The van der Waals surface area contributed by atoms with Crippen molar-refractivity contribution in [2.75, 3.05) is 13.6 Å². The fraction of sp³-hybridized carbons (Fsp3) is 0.611. The number of rotatable bonds is 10. The maximum Gasteiger partial charge on any atom is 0.243 e. The van der Waals surface area contributed by atoms with Crippen molar-refractivity contribution in [3.8, 4) is 0 Å². The molecule has 0 amide bonds. The Morgan fingerprint density at radius 3 is 2.40 bits per heavy atom. The molecule has 7 heteroatoms. The van der Waals surface area contributed by atoms with Gasteiger partial charge in [0.2, 0.25) is 10.0 Å². The van der Waals surface area contributed by atoms with Gasteiger partial charge in [-0.3, -0.25) is 0 Å². The average Bonchev–Trinajstić information content (AvgIpc) is 2.59. The fourth-order valence-corrected chi connectivity index (χ4v) is 3.58. The highest BCUT2D eigenvalue weighted by Gasteiger charge is 2.22. The number of hydrogen-bond acceptors (Lipinski definition) is 3. The number of nitrogens with two attached hydrogens (primary N) is 1. The number of unbranched alkanes of at least 4 members (excludes halogenated alkanes) is 3. The fourth-order valence-electron chi connectivity index (χ4n) is 2.21. The molecule has 1 aromatic rings. The second-order valence-corrected chi connectivity index (χ2v) is 8.45. The van der Waals surface area contributed by atoms with Crippen LogP contribution in [0.25, 0.3) is 0 Å². The van der Waals surface area contributed by atoms with E-state index in [-0.39, 0.29) is 6.04 Å². The van der Waals surface area contributed by atoms with Gasteiger partial charge in [0.1, 0.15) is 0 Å². The Bertz CT molecular complexity index is 640. The van der Waals surface area contributed by atoms with Crippen molar-refractivity contribution in [2.45, 2.75) is 63.9 Å². The molecule has 142 valence electrons. The van der Waals surface area contributed by atoms with Gasteiger partial charge in [-0.15, -0.1) is 0 Å². The van der Waals surface area contributed by atoms with Crippen LogP contribution in [0.15, 0.2) is 34.2 Å². The topological polar surface area (TPSA) is 87.8 Å². The van der Waals surface area contributed by atoms with Gasteiger partial charge in [-0.1, -0.05) is 38.3 Å². The summed E-state index contributed by atoms with van der Waals surface area (Å²) in [7, 11) is -1.86. The third-order valence-electron chi connectivity index (χ3n) is 4.10. The summed E-state index contributed by atoms with van der Waals surface area (Å²) in [5.74, 6) is 0.424. The predicted molar refractivity (Wildman–Crippen MR) is 104 cm³/mol. The minimum Gasteiger partial charge on any atom is -0.370 e. The van der Waals surface area contributed by atoms with Gasteiger partial charge in [0, 0.05) is 19.6 Å². The summed E-state index contributed by atoms with van der Waals surface area (Å²) in [5, 5.41) is 3.10. The molecule has 3 N–H and O–H groups in total. The van der Waals surface area contributed by atoms with E-state index in [0.717, 1.165) is 18.5 Å². The lowest BCUT2D eigenvalue weighted by Crippen LogP contribution is -2.33. The van der Waals surface area contributed by atoms with E-state index in [1.807, 2.05) is 13.8 Å². The van der Waals surface area contributed by atoms with Gasteiger partial charge < -0.3 is 11.1 Å². The second-order valence-electron chi connectivity index (χ2n) is 6.45. The number of nitrogens with one attached hydrogen (secondary N) is 1. The Morgan fingerprint density at radius 1 is 1.20 bits per heavy atom. The molecular weight excluding hydrogens is 336 g/mol. The van der Waals surface area contributed by atoms with Crippen molar-refractivity contribution < 1.29 is 8.42 Å². The normalized spacial score (nSPS) is 12.8. The summed E-state index contributed by atoms with van der Waals surface area (Å²) in [6.45, 7) is 7.13. The van der Waals surface area contributed by atoms with Gasteiger partial charge in [0.15, 0.2) is 5.96 Å². The largest absolute Gasteiger partial charge is 0.370 e. The van der Waals surface area contributed by atoms with Crippen LogP contribution in [0.5, 0.6) is 0 Å². The molecule has 0 aliphatic rings. The quantitative estimate of drug-likeness (QED) is 0.378. The number of benzene rings is 1. The van der Waals surface area contributed by atoms with Crippen LogP contribution in [0, 0.1) is 0 Å². The predicted octanol–water partition coefficient (Wildman–Crippen LogP) is 2.70. The van der Waals surface area contributed by atoms with E-state index in [1.54, 1.807) is 31.3 Å². The van der Waals surface area contributed by atoms with Crippen LogP contribution < -0.4 is 11.1 Å². The number of aliphatic imine (C=N–C) groups is 1. The first kappa shape index (κ1) is 21.4. The van der Waals surface area contributed by atoms with Crippen LogP contribution in [0.1, 0.15) is 52.0 Å². The Morgan fingerprint density at radius 2 is 1.84 bits per heavy atom. The van der Waals surface area contributed by atoms with Crippen molar-refractivity contribution >= 4 is 16.0 Å². The van der Waals surface area contributed by atoms with E-state index in [1.165, 1.54) is 23.6 Å². The highest BCUT2D eigenvalue weighted by Crippen LogP contribution is 2.17. The first-order chi connectivity index (χ1) is 11.8. The monoisotopic (exact) mass is 368 g/mol. The SMILES string of the molecule is CCCCCCNC(N)=NCc1ccc(S(=O)(=O)N(C)C(C)C)cc1. The van der Waals surface area contributed by atoms with Gasteiger partial charge in [-0.2, -0.15) is 4.31 Å². The van der Waals surface area contributed by atoms with Crippen LogP contribution in [0.3, 0.4) is 0 Å². The zero-order valence-electron chi connectivity index (χ0n) is 15.8. The van der Waals surface area contributed by atoms with Gasteiger partial charge in [0.05, 0.1) is 11.4 Å². The van der Waals surface area contributed by atoms with E-state index in [4.69, 9.17) is 5.73 Å². The molecule has 0 atom stereocenters. The molecule has 0 heterocycles. The molecule has 1 rings (SSSR count). The molecule has 1 aromatic carbocycles. The average molecular weight is 369 g/mol. The Kier molecular flexibility index (Phi) is 8.92. The van der Waals surface area contributed by atoms with E-state index >= 15 is 0 Å². The molecule has 0 bridgehead atoms. The third-order valence-corrected chi connectivity index (χ3v) is 6.14. The molecule has 6 nitrogen and oxygen atoms in total. The van der Waals surface area contributed by atoms with Crippen LogP contribution in [-0.2, 0) is 16.6 Å². The molecule has 0 spiro atoms. The molecule has 25 heavy (non-hydrogen) atoms. The highest BCUT2D eigenvalue weighted by molar-refractivity contribution is 7.89. The molecule has 0 fully saturated rings. The Hall–Kier alpha value is -1.60. The molecule has 0 aliphatic carbocycles. The smallest absolute Gasteiger partial charge is 0.243 e. The van der Waals surface area contributed by atoms with Crippen LogP contribution in [0.2, 0.25) is 0 Å². The molecule has 0 radical (unpaired) electrons. The summed E-state index contributed by atoms with van der Waals surface area (Å²) in [5.41, 5.74) is 6.76. The summed E-state index contributed by atoms with van der Waals surface area (Å²) >= 11 is 0. The van der Waals surface area contributed by atoms with Crippen molar-refractivity contribution in [1.82, 2.24) is 9.62 Å². The molecule has 0 unspecified atom stereocenters. The van der Waals surface area contributed by atoms with Crippen LogP contribution in [-0.4, -0.2) is 38.3 Å². The van der Waals surface area contributed by atoms with Gasteiger partial charge in [0.25, 0.3) is 0 Å². The Labute approximate surface area is 152 Å². The molecule has 0 saturated carbocycles. The van der Waals surface area contributed by atoms with Crippen molar-refractivity contribution in [3.63, 3.8) is 0 Å². The summed E-state index contributed by atoms with van der Waals surface area (Å²) in [6, 6.07) is 6.71. The van der Waals surface area contributed by atoms with E-state index in [0.29, 0.717) is 17.4 Å². The van der Waals surface area contributed by atoms with Gasteiger partial charge >= 0.3 is 0 Å². The van der Waals surface area contributed by atoms with Gasteiger partial charge in [-0.25, -0.2) is 13.4 Å². The maximum atomic E-state index is 12.4. The number of hydrogen-bond donors (Lipinski definition) is 2. The minimum atomic E-state index is -3.45. The molecule has 0 saturated heterocycles. The van der Waals surface area contributed by atoms with E-state index in [2.05, 4.69) is 17.2 Å². The van der Waals surface area contributed by atoms with E-state index in [9.17, 15) is 8.42 Å². The highest BCUT2D eigenvalue weighted by atomic mass is 32.2. The minimum absolute atomic E-state index is 0.0857. The first-order valence-electron chi connectivity index (χ1n) is 8.89. The third kappa shape index (κ3) is 7.04. The van der Waals surface area contributed by atoms with Crippen molar-refractivity contribution in [2.24, 2.45) is 10.7 Å². The standard InChI is InChI=1S/C18H32N4O2S/c1-5-6-7-8-13-20-18(19)21-14-16-9-11-17(12-10-16)25(23,24)22(4)15(2)3/h9-12,15H,5-8,13-14H2,1-4H3,(H3,19,20,21). The second kappa shape index (κ2) is 10.4. The van der Waals surface area contributed by atoms with Gasteiger partial charge in [-0.05, 0) is 38.0 Å². The van der Waals surface area contributed by atoms with Crippen molar-refractivity contribution in [3.05, 3.63) is 29.8 Å². The molecule has 0 aliphatic heterocycles. The summed E-state index contributed by atoms with van der Waals surface area (Å²) in [6.07, 6.45) is 4.72. The lowest BCUT2D eigenvalue weighted by molar-refractivity contribution is 0.410. The maximum absolute atomic E-state index is 12.4.